The molecule has 0 saturated carbocycles. The van der Waals surface area contributed by atoms with E-state index in [0.717, 1.165) is 19.4 Å². The monoisotopic (exact) mass is 272 g/mol. The summed E-state index contributed by atoms with van der Waals surface area (Å²) in [5.41, 5.74) is 0. The normalized spacial score (nSPS) is 20.7. The average Bonchev–Trinajstić information content (AvgIpc) is 2.68. The van der Waals surface area contributed by atoms with Crippen LogP contribution in [0.4, 0.5) is 0 Å². The lowest BCUT2D eigenvalue weighted by Gasteiger charge is -2.11. The third kappa shape index (κ3) is 6.65. The molecule has 1 unspecified atom stereocenters. The highest BCUT2D eigenvalue weighted by molar-refractivity contribution is 7.89. The van der Waals surface area contributed by atoms with Crippen molar-refractivity contribution in [1.29, 1.82) is 0 Å². The van der Waals surface area contributed by atoms with Crippen LogP contribution in [0, 0.1) is 0 Å². The van der Waals surface area contributed by atoms with Gasteiger partial charge in [-0.2, -0.15) is 0 Å². The molecule has 1 atom stereocenters. The van der Waals surface area contributed by atoms with Crippen LogP contribution in [0.25, 0.3) is 0 Å². The van der Waals surface area contributed by atoms with Crippen molar-refractivity contribution >= 4 is 22.4 Å². The molecule has 0 bridgehead atoms. The van der Waals surface area contributed by atoms with Gasteiger partial charge in [0.25, 0.3) is 0 Å². The van der Waals surface area contributed by atoms with Crippen molar-refractivity contribution in [2.45, 2.75) is 25.3 Å². The van der Waals surface area contributed by atoms with E-state index in [1.807, 2.05) is 0 Å². The number of ether oxygens (including phenoxy) is 1. The topological polar surface area (TPSA) is 67.4 Å². The molecule has 0 spiro atoms. The zero-order valence-electron chi connectivity index (χ0n) is 9.57. The molecular formula is C9H21ClN2O3S. The SMILES string of the molecule is COCCCS(=O)(=O)NCC1CCCN1.Cl. The second-order valence-electron chi connectivity index (χ2n) is 3.81. The van der Waals surface area contributed by atoms with Crippen LogP contribution in [-0.2, 0) is 14.8 Å². The quantitative estimate of drug-likeness (QED) is 0.646. The predicted octanol–water partition coefficient (Wildman–Crippen LogP) is 0.116. The zero-order valence-corrected chi connectivity index (χ0v) is 11.2. The van der Waals surface area contributed by atoms with Crippen LogP contribution >= 0.6 is 12.4 Å². The van der Waals surface area contributed by atoms with Crippen LogP contribution in [0.15, 0.2) is 0 Å². The molecule has 0 amide bonds. The number of sulfonamides is 1. The van der Waals surface area contributed by atoms with E-state index < -0.39 is 10.0 Å². The van der Waals surface area contributed by atoms with Gasteiger partial charge >= 0.3 is 0 Å². The first-order chi connectivity index (χ1) is 7.14. The molecule has 0 aromatic heterocycles. The van der Waals surface area contributed by atoms with Crippen LogP contribution in [0.5, 0.6) is 0 Å². The van der Waals surface area contributed by atoms with Crippen LogP contribution in [0.3, 0.4) is 0 Å². The van der Waals surface area contributed by atoms with Gasteiger partial charge in [-0.15, -0.1) is 12.4 Å². The molecule has 1 rings (SSSR count). The molecule has 0 aromatic rings. The summed E-state index contributed by atoms with van der Waals surface area (Å²) in [5.74, 6) is 0.146. The molecule has 1 heterocycles. The first-order valence-electron chi connectivity index (χ1n) is 5.34. The second kappa shape index (κ2) is 8.25. The number of rotatable bonds is 7. The van der Waals surface area contributed by atoms with E-state index in [0.29, 0.717) is 25.6 Å². The molecular weight excluding hydrogens is 252 g/mol. The van der Waals surface area contributed by atoms with E-state index >= 15 is 0 Å². The summed E-state index contributed by atoms with van der Waals surface area (Å²) in [6.07, 6.45) is 2.74. The van der Waals surface area contributed by atoms with Crippen molar-refractivity contribution in [3.8, 4) is 0 Å². The minimum absolute atomic E-state index is 0. The number of hydrogen-bond acceptors (Lipinski definition) is 4. The van der Waals surface area contributed by atoms with E-state index in [1.54, 1.807) is 7.11 Å². The zero-order chi connectivity index (χ0) is 11.1. The molecule has 16 heavy (non-hydrogen) atoms. The van der Waals surface area contributed by atoms with E-state index in [9.17, 15) is 8.42 Å². The van der Waals surface area contributed by atoms with E-state index in [1.165, 1.54) is 0 Å². The number of nitrogens with one attached hydrogen (secondary N) is 2. The van der Waals surface area contributed by atoms with Crippen molar-refractivity contribution in [3.05, 3.63) is 0 Å². The maximum absolute atomic E-state index is 11.5. The summed E-state index contributed by atoms with van der Waals surface area (Å²) < 4.78 is 30.4. The largest absolute Gasteiger partial charge is 0.385 e. The van der Waals surface area contributed by atoms with Gasteiger partial charge in [0.15, 0.2) is 0 Å². The number of halogens is 1. The lowest BCUT2D eigenvalue weighted by atomic mass is 10.2. The van der Waals surface area contributed by atoms with Gasteiger partial charge in [0, 0.05) is 26.3 Å². The first kappa shape index (κ1) is 16.1. The predicted molar refractivity (Wildman–Crippen MR) is 66.6 cm³/mol. The minimum Gasteiger partial charge on any atom is -0.385 e. The van der Waals surface area contributed by atoms with Gasteiger partial charge in [-0.25, -0.2) is 13.1 Å². The molecule has 98 valence electrons. The molecule has 2 N–H and O–H groups in total. The second-order valence-corrected chi connectivity index (χ2v) is 5.73. The molecule has 0 radical (unpaired) electrons. The Bertz CT molecular complexity index is 266. The fourth-order valence-corrected chi connectivity index (χ4v) is 2.72. The first-order valence-corrected chi connectivity index (χ1v) is 6.99. The van der Waals surface area contributed by atoms with E-state index in [2.05, 4.69) is 10.0 Å². The Balaban J connectivity index is 0.00000225. The Hall–Kier alpha value is 0.120. The Kier molecular flexibility index (Phi) is 8.31. The molecule has 1 aliphatic rings. The summed E-state index contributed by atoms with van der Waals surface area (Å²) in [4.78, 5) is 0. The minimum atomic E-state index is -3.11. The Morgan fingerprint density at radius 2 is 2.25 bits per heavy atom. The summed E-state index contributed by atoms with van der Waals surface area (Å²) >= 11 is 0. The summed E-state index contributed by atoms with van der Waals surface area (Å²) in [7, 11) is -1.54. The van der Waals surface area contributed by atoms with Crippen LogP contribution < -0.4 is 10.0 Å². The molecule has 1 fully saturated rings. The molecule has 7 heteroatoms. The van der Waals surface area contributed by atoms with Gasteiger partial charge in [0.05, 0.1) is 5.75 Å². The highest BCUT2D eigenvalue weighted by Gasteiger charge is 2.17. The van der Waals surface area contributed by atoms with Gasteiger partial charge in [-0.3, -0.25) is 0 Å². The maximum atomic E-state index is 11.5. The van der Waals surface area contributed by atoms with Crippen molar-refractivity contribution < 1.29 is 13.2 Å². The molecule has 1 saturated heterocycles. The maximum Gasteiger partial charge on any atom is 0.211 e. The Morgan fingerprint density at radius 3 is 2.81 bits per heavy atom. The number of methoxy groups -OCH3 is 1. The number of hydrogen-bond donors (Lipinski definition) is 2. The fraction of sp³-hybridized carbons (Fsp3) is 1.00. The summed E-state index contributed by atoms with van der Waals surface area (Å²) in [6.45, 7) is 1.99. The van der Waals surface area contributed by atoms with Crippen molar-refractivity contribution in [2.24, 2.45) is 0 Å². The lowest BCUT2D eigenvalue weighted by Crippen LogP contribution is -2.38. The van der Waals surface area contributed by atoms with Gasteiger partial charge in [0.2, 0.25) is 10.0 Å². The van der Waals surface area contributed by atoms with Crippen molar-refractivity contribution in [3.63, 3.8) is 0 Å². The highest BCUT2D eigenvalue weighted by atomic mass is 35.5. The Labute approximate surface area is 104 Å². The van der Waals surface area contributed by atoms with Crippen molar-refractivity contribution in [2.75, 3.05) is 32.6 Å². The molecule has 1 aliphatic heterocycles. The summed E-state index contributed by atoms with van der Waals surface area (Å²) in [5, 5.41) is 3.24. The third-order valence-electron chi connectivity index (χ3n) is 2.47. The van der Waals surface area contributed by atoms with Crippen LogP contribution in [-0.4, -0.2) is 47.0 Å². The van der Waals surface area contributed by atoms with Crippen molar-refractivity contribution in [1.82, 2.24) is 10.0 Å². The fourth-order valence-electron chi connectivity index (χ4n) is 1.62. The van der Waals surface area contributed by atoms with Crippen LogP contribution in [0.2, 0.25) is 0 Å². The summed E-state index contributed by atoms with van der Waals surface area (Å²) in [6, 6.07) is 0.308. The third-order valence-corrected chi connectivity index (χ3v) is 3.91. The smallest absolute Gasteiger partial charge is 0.211 e. The molecule has 5 nitrogen and oxygen atoms in total. The van der Waals surface area contributed by atoms with Gasteiger partial charge in [-0.1, -0.05) is 0 Å². The van der Waals surface area contributed by atoms with E-state index in [4.69, 9.17) is 4.74 Å². The molecule has 0 aromatic carbocycles. The van der Waals surface area contributed by atoms with Gasteiger partial charge in [0.1, 0.15) is 0 Å². The van der Waals surface area contributed by atoms with Gasteiger partial charge < -0.3 is 10.1 Å². The lowest BCUT2D eigenvalue weighted by molar-refractivity contribution is 0.199. The Morgan fingerprint density at radius 1 is 1.50 bits per heavy atom. The van der Waals surface area contributed by atoms with Crippen LogP contribution in [0.1, 0.15) is 19.3 Å². The standard InChI is InChI=1S/C9H20N2O3S.ClH/c1-14-6-3-7-15(12,13)11-8-9-4-2-5-10-9;/h9-11H,2-8H2,1H3;1H. The average molecular weight is 273 g/mol. The highest BCUT2D eigenvalue weighted by Crippen LogP contribution is 2.03. The van der Waals surface area contributed by atoms with Gasteiger partial charge in [-0.05, 0) is 25.8 Å². The molecule has 0 aliphatic carbocycles. The van der Waals surface area contributed by atoms with E-state index in [-0.39, 0.29) is 18.2 Å².